The molecular weight excluding hydrogens is 458 g/mol. The van der Waals surface area contributed by atoms with Crippen molar-refractivity contribution in [3.63, 3.8) is 0 Å². The Morgan fingerprint density at radius 3 is 2.68 bits per heavy atom. The second-order valence-electron chi connectivity index (χ2n) is 6.05. The maximum atomic E-state index is 12.8. The van der Waals surface area contributed by atoms with Gasteiger partial charge in [0.05, 0.1) is 11.5 Å². The van der Waals surface area contributed by atoms with Gasteiger partial charge in [-0.25, -0.2) is 0 Å². The van der Waals surface area contributed by atoms with Crippen LogP contribution < -0.4 is 14.9 Å². The summed E-state index contributed by atoms with van der Waals surface area (Å²) in [5.41, 5.74) is 3.54. The van der Waals surface area contributed by atoms with Crippen molar-refractivity contribution in [3.05, 3.63) is 63.5 Å². The van der Waals surface area contributed by atoms with Crippen LogP contribution in [0.15, 0.2) is 47.4 Å². The minimum absolute atomic E-state index is 0.106. The van der Waals surface area contributed by atoms with Crippen LogP contribution >= 0.6 is 35.6 Å². The maximum absolute atomic E-state index is 12.8. The van der Waals surface area contributed by atoms with Crippen LogP contribution in [0.1, 0.15) is 22.8 Å². The predicted molar refractivity (Wildman–Crippen MR) is 123 cm³/mol. The van der Waals surface area contributed by atoms with E-state index in [0.717, 1.165) is 16.8 Å². The molecule has 0 unspecified atom stereocenters. The van der Waals surface area contributed by atoms with Crippen molar-refractivity contribution in [2.45, 2.75) is 6.92 Å². The normalized spacial score (nSPS) is 14.5. The minimum Gasteiger partial charge on any atom is -0.490 e. The number of halogens is 1. The SMILES string of the molecule is CCOc1cc(/C=C2\SC(=S)N(NC(=O)c3ccc(Cl)cc3)C2=O)ccc1OCC#N. The van der Waals surface area contributed by atoms with Crippen LogP contribution in [0.3, 0.4) is 0 Å². The standard InChI is InChI=1S/C21H16ClN3O4S2/c1-2-28-17-11-13(3-8-16(17)29-10-9-23)12-18-20(27)25(21(30)31-18)24-19(26)14-4-6-15(22)7-5-14/h3-8,11-12H,2,10H2,1H3,(H,24,26)/b18-12-. The molecule has 1 aliphatic rings. The summed E-state index contributed by atoms with van der Waals surface area (Å²) in [5, 5.41) is 10.2. The first-order chi connectivity index (χ1) is 14.9. The second kappa shape index (κ2) is 10.3. The summed E-state index contributed by atoms with van der Waals surface area (Å²) in [4.78, 5) is 25.5. The van der Waals surface area contributed by atoms with Gasteiger partial charge in [0.1, 0.15) is 6.07 Å². The Bertz CT molecular complexity index is 1100. The minimum atomic E-state index is -0.480. The molecule has 0 aromatic heterocycles. The highest BCUT2D eigenvalue weighted by Crippen LogP contribution is 2.34. The fourth-order valence-corrected chi connectivity index (χ4v) is 3.90. The molecular formula is C21H16ClN3O4S2. The van der Waals surface area contributed by atoms with E-state index in [1.54, 1.807) is 48.5 Å². The zero-order valence-electron chi connectivity index (χ0n) is 16.3. The number of nitriles is 1. The molecule has 1 fully saturated rings. The first kappa shape index (κ1) is 22.6. The Labute approximate surface area is 193 Å². The fraction of sp³-hybridized carbons (Fsp3) is 0.143. The van der Waals surface area contributed by atoms with Gasteiger partial charge in [-0.3, -0.25) is 15.0 Å². The molecule has 0 saturated carbocycles. The highest BCUT2D eigenvalue weighted by molar-refractivity contribution is 8.26. The highest BCUT2D eigenvalue weighted by Gasteiger charge is 2.33. The van der Waals surface area contributed by atoms with E-state index in [2.05, 4.69) is 5.43 Å². The van der Waals surface area contributed by atoms with E-state index in [-0.39, 0.29) is 10.9 Å². The van der Waals surface area contributed by atoms with E-state index < -0.39 is 11.8 Å². The van der Waals surface area contributed by atoms with Gasteiger partial charge in [0, 0.05) is 10.6 Å². The monoisotopic (exact) mass is 473 g/mol. The quantitative estimate of drug-likeness (QED) is 0.476. The van der Waals surface area contributed by atoms with Crippen molar-refractivity contribution in [1.29, 1.82) is 5.26 Å². The average Bonchev–Trinajstić information content (AvgIpc) is 3.01. The molecule has 158 valence electrons. The van der Waals surface area contributed by atoms with Crippen LogP contribution in [0, 0.1) is 11.3 Å². The molecule has 0 bridgehead atoms. The lowest BCUT2D eigenvalue weighted by Gasteiger charge is -2.15. The van der Waals surface area contributed by atoms with Crippen LogP contribution in [-0.4, -0.2) is 34.4 Å². The summed E-state index contributed by atoms with van der Waals surface area (Å²) in [6, 6.07) is 13.3. The average molecular weight is 474 g/mol. The molecule has 3 rings (SSSR count). The number of rotatable bonds is 7. The van der Waals surface area contributed by atoms with E-state index in [4.69, 9.17) is 38.6 Å². The molecule has 2 aromatic rings. The first-order valence-corrected chi connectivity index (χ1v) is 10.6. The molecule has 1 saturated heterocycles. The van der Waals surface area contributed by atoms with Crippen molar-refractivity contribution in [1.82, 2.24) is 10.4 Å². The van der Waals surface area contributed by atoms with Crippen LogP contribution in [0.4, 0.5) is 0 Å². The van der Waals surface area contributed by atoms with Gasteiger partial charge in [-0.05, 0) is 67.2 Å². The molecule has 2 amide bonds. The molecule has 1 N–H and O–H groups in total. The lowest BCUT2D eigenvalue weighted by Crippen LogP contribution is -2.44. The van der Waals surface area contributed by atoms with E-state index >= 15 is 0 Å². The van der Waals surface area contributed by atoms with Crippen molar-refractivity contribution in [2.24, 2.45) is 0 Å². The topological polar surface area (TPSA) is 91.7 Å². The lowest BCUT2D eigenvalue weighted by molar-refractivity contribution is -0.123. The number of thiocarbonyl (C=S) groups is 1. The molecule has 0 spiro atoms. The molecule has 10 heteroatoms. The summed E-state index contributed by atoms with van der Waals surface area (Å²) < 4.78 is 11.1. The van der Waals surface area contributed by atoms with Gasteiger partial charge in [-0.2, -0.15) is 10.3 Å². The molecule has 0 radical (unpaired) electrons. The van der Waals surface area contributed by atoms with Gasteiger partial charge in [-0.1, -0.05) is 29.4 Å². The number of ether oxygens (including phenoxy) is 2. The summed E-state index contributed by atoms with van der Waals surface area (Å²) >= 11 is 12.2. The Hall–Kier alpha value is -3.06. The smallest absolute Gasteiger partial charge is 0.285 e. The van der Waals surface area contributed by atoms with Gasteiger partial charge < -0.3 is 9.47 Å². The number of thioether (sulfide) groups is 1. The van der Waals surface area contributed by atoms with E-state index in [9.17, 15) is 9.59 Å². The molecule has 0 aliphatic carbocycles. The van der Waals surface area contributed by atoms with Gasteiger partial charge in [-0.15, -0.1) is 0 Å². The number of amides is 2. The summed E-state index contributed by atoms with van der Waals surface area (Å²) in [6.07, 6.45) is 1.64. The van der Waals surface area contributed by atoms with Crippen molar-refractivity contribution in [3.8, 4) is 17.6 Å². The lowest BCUT2D eigenvalue weighted by atomic mass is 10.2. The van der Waals surface area contributed by atoms with Crippen LogP contribution in [-0.2, 0) is 4.79 Å². The summed E-state index contributed by atoms with van der Waals surface area (Å²) in [7, 11) is 0. The molecule has 1 aliphatic heterocycles. The Morgan fingerprint density at radius 2 is 2.00 bits per heavy atom. The van der Waals surface area contributed by atoms with E-state index in [1.165, 1.54) is 0 Å². The van der Waals surface area contributed by atoms with Gasteiger partial charge in [0.15, 0.2) is 22.4 Å². The van der Waals surface area contributed by atoms with Gasteiger partial charge in [0.2, 0.25) is 0 Å². The highest BCUT2D eigenvalue weighted by atomic mass is 35.5. The molecule has 7 nitrogen and oxygen atoms in total. The number of nitrogens with zero attached hydrogens (tertiary/aromatic N) is 2. The Morgan fingerprint density at radius 1 is 1.26 bits per heavy atom. The Kier molecular flexibility index (Phi) is 7.52. The van der Waals surface area contributed by atoms with Crippen LogP contribution in [0.2, 0.25) is 5.02 Å². The van der Waals surface area contributed by atoms with Crippen molar-refractivity contribution in [2.75, 3.05) is 13.2 Å². The van der Waals surface area contributed by atoms with E-state index in [0.29, 0.717) is 39.2 Å². The van der Waals surface area contributed by atoms with Crippen molar-refractivity contribution < 1.29 is 19.1 Å². The number of carbonyl (C=O) groups excluding carboxylic acids is 2. The predicted octanol–water partition coefficient (Wildman–Crippen LogP) is 4.19. The largest absolute Gasteiger partial charge is 0.490 e. The third-order valence-corrected chi connectivity index (χ3v) is 5.53. The number of nitrogens with one attached hydrogen (secondary N) is 1. The van der Waals surface area contributed by atoms with Crippen LogP contribution in [0.5, 0.6) is 11.5 Å². The maximum Gasteiger partial charge on any atom is 0.285 e. The number of hydrogen-bond donors (Lipinski definition) is 1. The fourth-order valence-electron chi connectivity index (χ4n) is 2.59. The zero-order valence-corrected chi connectivity index (χ0v) is 18.6. The molecule has 31 heavy (non-hydrogen) atoms. The molecule has 0 atom stereocenters. The number of benzene rings is 2. The summed E-state index contributed by atoms with van der Waals surface area (Å²) in [6.45, 7) is 2.13. The number of hydrazine groups is 1. The van der Waals surface area contributed by atoms with Gasteiger partial charge >= 0.3 is 0 Å². The van der Waals surface area contributed by atoms with Crippen LogP contribution in [0.25, 0.3) is 6.08 Å². The van der Waals surface area contributed by atoms with E-state index in [1.807, 2.05) is 13.0 Å². The number of hydrogen-bond acceptors (Lipinski definition) is 7. The molecule has 2 aromatic carbocycles. The van der Waals surface area contributed by atoms with Crippen molar-refractivity contribution >= 4 is 57.8 Å². The Balaban J connectivity index is 1.78. The zero-order chi connectivity index (χ0) is 22.4. The third kappa shape index (κ3) is 5.55. The second-order valence-corrected chi connectivity index (χ2v) is 8.16. The number of carbonyl (C=O) groups is 2. The summed E-state index contributed by atoms with van der Waals surface area (Å²) in [5.74, 6) is -0.0340. The third-order valence-electron chi connectivity index (χ3n) is 3.97. The molecule has 1 heterocycles. The van der Waals surface area contributed by atoms with Gasteiger partial charge in [0.25, 0.3) is 11.8 Å². The first-order valence-electron chi connectivity index (χ1n) is 9.04.